The van der Waals surface area contributed by atoms with E-state index in [4.69, 9.17) is 4.52 Å². The van der Waals surface area contributed by atoms with Crippen LogP contribution in [0.2, 0.25) is 0 Å². The Labute approximate surface area is 108 Å². The van der Waals surface area contributed by atoms with Crippen molar-refractivity contribution in [2.75, 3.05) is 0 Å². The maximum atomic E-state index is 5.02. The molecule has 0 fully saturated rings. The molecule has 3 nitrogen and oxygen atoms in total. The van der Waals surface area contributed by atoms with Gasteiger partial charge in [-0.05, 0) is 23.5 Å². The number of nitrogens with one attached hydrogen (secondary N) is 1. The topological polar surface area (TPSA) is 38.1 Å². The average molecular weight is 244 g/mol. The van der Waals surface area contributed by atoms with E-state index in [9.17, 15) is 0 Å². The molecule has 1 heterocycles. The third kappa shape index (κ3) is 4.00. The summed E-state index contributed by atoms with van der Waals surface area (Å²) in [6, 6.07) is 10.7. The van der Waals surface area contributed by atoms with Gasteiger partial charge in [0, 0.05) is 12.6 Å². The Kier molecular flexibility index (Phi) is 4.53. The van der Waals surface area contributed by atoms with Crippen molar-refractivity contribution in [3.05, 3.63) is 53.4 Å². The van der Waals surface area contributed by atoms with E-state index < -0.39 is 0 Å². The molecular formula is C15H20N2O. The molecule has 0 spiro atoms. The molecule has 18 heavy (non-hydrogen) atoms. The number of aromatic nitrogens is 1. The molecule has 96 valence electrons. The predicted octanol–water partition coefficient (Wildman–Crippen LogP) is 3.16. The molecule has 0 saturated heterocycles. The van der Waals surface area contributed by atoms with Crippen molar-refractivity contribution in [3.8, 4) is 0 Å². The van der Waals surface area contributed by atoms with Crippen LogP contribution < -0.4 is 5.32 Å². The maximum absolute atomic E-state index is 5.02. The van der Waals surface area contributed by atoms with Crippen molar-refractivity contribution in [1.82, 2.24) is 10.5 Å². The van der Waals surface area contributed by atoms with Gasteiger partial charge in [-0.1, -0.05) is 43.3 Å². The van der Waals surface area contributed by atoms with E-state index >= 15 is 0 Å². The lowest BCUT2D eigenvalue weighted by atomic mass is 10.0. The fourth-order valence-corrected chi connectivity index (χ4v) is 1.93. The SMILES string of the molecule is CC(C)Cc1ccc(CNCc2ccno2)cc1. The average Bonchev–Trinajstić information content (AvgIpc) is 2.84. The molecule has 0 aliphatic rings. The zero-order chi connectivity index (χ0) is 12.8. The van der Waals surface area contributed by atoms with Crippen LogP contribution in [0.4, 0.5) is 0 Å². The molecule has 2 rings (SSSR count). The molecule has 0 unspecified atom stereocenters. The van der Waals surface area contributed by atoms with Crippen LogP contribution in [0.1, 0.15) is 30.7 Å². The highest BCUT2D eigenvalue weighted by Gasteiger charge is 1.99. The Balaban J connectivity index is 1.79. The van der Waals surface area contributed by atoms with Gasteiger partial charge in [-0.15, -0.1) is 0 Å². The lowest BCUT2D eigenvalue weighted by Crippen LogP contribution is -2.12. The first-order valence-corrected chi connectivity index (χ1v) is 6.42. The zero-order valence-electron chi connectivity index (χ0n) is 11.0. The predicted molar refractivity (Wildman–Crippen MR) is 72.0 cm³/mol. The van der Waals surface area contributed by atoms with Gasteiger partial charge in [-0.3, -0.25) is 0 Å². The minimum absolute atomic E-state index is 0.709. The van der Waals surface area contributed by atoms with Crippen molar-refractivity contribution in [3.63, 3.8) is 0 Å². The fourth-order valence-electron chi connectivity index (χ4n) is 1.93. The number of nitrogens with zero attached hydrogens (tertiary/aromatic N) is 1. The molecular weight excluding hydrogens is 224 g/mol. The van der Waals surface area contributed by atoms with Crippen molar-refractivity contribution in [2.45, 2.75) is 33.4 Å². The fraction of sp³-hybridized carbons (Fsp3) is 0.400. The van der Waals surface area contributed by atoms with Crippen LogP contribution in [-0.2, 0) is 19.5 Å². The molecule has 2 aromatic rings. The van der Waals surface area contributed by atoms with Crippen molar-refractivity contribution < 1.29 is 4.52 Å². The van der Waals surface area contributed by atoms with Crippen molar-refractivity contribution >= 4 is 0 Å². The summed E-state index contributed by atoms with van der Waals surface area (Å²) in [5.74, 6) is 1.58. The Hall–Kier alpha value is -1.61. The first kappa shape index (κ1) is 12.8. The quantitative estimate of drug-likeness (QED) is 0.848. The molecule has 0 radical (unpaired) electrons. The highest BCUT2D eigenvalue weighted by atomic mass is 16.5. The van der Waals surface area contributed by atoms with E-state index in [0.717, 1.165) is 18.7 Å². The van der Waals surface area contributed by atoms with Crippen LogP contribution in [-0.4, -0.2) is 5.16 Å². The van der Waals surface area contributed by atoms with Gasteiger partial charge < -0.3 is 9.84 Å². The molecule has 0 bridgehead atoms. The first-order valence-electron chi connectivity index (χ1n) is 6.42. The second-order valence-electron chi connectivity index (χ2n) is 5.00. The lowest BCUT2D eigenvalue weighted by Gasteiger charge is -2.07. The molecule has 1 aromatic heterocycles. The highest BCUT2D eigenvalue weighted by molar-refractivity contribution is 5.22. The van der Waals surface area contributed by atoms with Gasteiger partial charge in [0.2, 0.25) is 0 Å². The van der Waals surface area contributed by atoms with Gasteiger partial charge >= 0.3 is 0 Å². The highest BCUT2D eigenvalue weighted by Crippen LogP contribution is 2.09. The Bertz CT molecular complexity index is 446. The van der Waals surface area contributed by atoms with Crippen molar-refractivity contribution in [1.29, 1.82) is 0 Å². The summed E-state index contributed by atoms with van der Waals surface area (Å²) in [6.45, 7) is 6.05. The molecule has 1 aromatic carbocycles. The lowest BCUT2D eigenvalue weighted by molar-refractivity contribution is 0.373. The number of rotatable bonds is 6. The van der Waals surface area contributed by atoms with Crippen molar-refractivity contribution in [2.24, 2.45) is 5.92 Å². The minimum Gasteiger partial charge on any atom is -0.360 e. The van der Waals surface area contributed by atoms with E-state index in [1.54, 1.807) is 6.20 Å². The maximum Gasteiger partial charge on any atom is 0.150 e. The van der Waals surface area contributed by atoms with Crippen LogP contribution in [0, 0.1) is 5.92 Å². The second kappa shape index (κ2) is 6.36. The summed E-state index contributed by atoms with van der Waals surface area (Å²) in [4.78, 5) is 0. The summed E-state index contributed by atoms with van der Waals surface area (Å²) >= 11 is 0. The number of hydrogen-bond acceptors (Lipinski definition) is 3. The van der Waals surface area contributed by atoms with Crippen LogP contribution in [0.25, 0.3) is 0 Å². The van der Waals surface area contributed by atoms with Gasteiger partial charge in [-0.25, -0.2) is 0 Å². The van der Waals surface area contributed by atoms with Crippen LogP contribution in [0.3, 0.4) is 0 Å². The van der Waals surface area contributed by atoms with Crippen LogP contribution in [0.5, 0.6) is 0 Å². The molecule has 0 aliphatic heterocycles. The number of benzene rings is 1. The summed E-state index contributed by atoms with van der Waals surface area (Å²) < 4.78 is 5.02. The number of hydrogen-bond donors (Lipinski definition) is 1. The Morgan fingerprint density at radius 3 is 2.39 bits per heavy atom. The molecule has 3 heteroatoms. The molecule has 0 amide bonds. The molecule has 0 atom stereocenters. The third-order valence-corrected chi connectivity index (χ3v) is 2.79. The monoisotopic (exact) mass is 244 g/mol. The largest absolute Gasteiger partial charge is 0.360 e. The summed E-state index contributed by atoms with van der Waals surface area (Å²) in [5.41, 5.74) is 2.70. The van der Waals surface area contributed by atoms with E-state index in [0.29, 0.717) is 12.5 Å². The Morgan fingerprint density at radius 2 is 1.78 bits per heavy atom. The zero-order valence-corrected chi connectivity index (χ0v) is 11.0. The standard InChI is InChI=1S/C15H20N2O/c1-12(2)9-13-3-5-14(6-4-13)10-16-11-15-7-8-17-18-15/h3-8,12,16H,9-11H2,1-2H3. The molecule has 0 aliphatic carbocycles. The van der Waals surface area contributed by atoms with E-state index in [-0.39, 0.29) is 0 Å². The second-order valence-corrected chi connectivity index (χ2v) is 5.00. The summed E-state index contributed by atoms with van der Waals surface area (Å²) in [6.07, 6.45) is 2.81. The van der Waals surface area contributed by atoms with Crippen LogP contribution in [0.15, 0.2) is 41.1 Å². The normalized spacial score (nSPS) is 11.1. The minimum atomic E-state index is 0.709. The Morgan fingerprint density at radius 1 is 1.06 bits per heavy atom. The van der Waals surface area contributed by atoms with Gasteiger partial charge in [0.1, 0.15) is 5.76 Å². The first-order chi connectivity index (χ1) is 8.74. The molecule has 0 saturated carbocycles. The van der Waals surface area contributed by atoms with Gasteiger partial charge in [-0.2, -0.15) is 0 Å². The summed E-state index contributed by atoms with van der Waals surface area (Å²) in [7, 11) is 0. The van der Waals surface area contributed by atoms with Gasteiger partial charge in [0.25, 0.3) is 0 Å². The van der Waals surface area contributed by atoms with Crippen LogP contribution >= 0.6 is 0 Å². The van der Waals surface area contributed by atoms with E-state index in [2.05, 4.69) is 48.6 Å². The summed E-state index contributed by atoms with van der Waals surface area (Å²) in [5, 5.41) is 7.00. The third-order valence-electron chi connectivity index (χ3n) is 2.79. The van der Waals surface area contributed by atoms with Gasteiger partial charge in [0.05, 0.1) is 12.7 Å². The van der Waals surface area contributed by atoms with E-state index in [1.807, 2.05) is 6.07 Å². The van der Waals surface area contributed by atoms with Gasteiger partial charge in [0.15, 0.2) is 0 Å². The van der Waals surface area contributed by atoms with E-state index in [1.165, 1.54) is 11.1 Å². The smallest absolute Gasteiger partial charge is 0.150 e. The molecule has 1 N–H and O–H groups in total.